The molecule has 8 heteroatoms. The van der Waals surface area contributed by atoms with E-state index in [0.717, 1.165) is 28.6 Å². The third-order valence-electron chi connectivity index (χ3n) is 4.19. The van der Waals surface area contributed by atoms with Crippen LogP contribution in [-0.4, -0.2) is 31.8 Å². The van der Waals surface area contributed by atoms with Gasteiger partial charge in [-0.15, -0.1) is 0 Å². The molecule has 1 atom stereocenters. The summed E-state index contributed by atoms with van der Waals surface area (Å²) in [6.07, 6.45) is 1.48. The van der Waals surface area contributed by atoms with Crippen molar-refractivity contribution in [1.82, 2.24) is 4.31 Å². The maximum atomic E-state index is 13.3. The van der Waals surface area contributed by atoms with Crippen LogP contribution in [0.5, 0.6) is 0 Å². The molecule has 2 aromatic carbocycles. The highest BCUT2D eigenvalue weighted by atomic mass is 32.2. The zero-order valence-electron chi connectivity index (χ0n) is 14.4. The van der Waals surface area contributed by atoms with E-state index in [9.17, 15) is 22.0 Å². The van der Waals surface area contributed by atoms with Crippen molar-refractivity contribution >= 4 is 16.0 Å². The summed E-state index contributed by atoms with van der Waals surface area (Å²) >= 11 is 0. The molecule has 0 fully saturated rings. The van der Waals surface area contributed by atoms with Gasteiger partial charge in [0.2, 0.25) is 10.0 Å². The van der Waals surface area contributed by atoms with Crippen molar-refractivity contribution in [2.75, 3.05) is 13.2 Å². The number of halogens is 2. The van der Waals surface area contributed by atoms with Crippen LogP contribution in [-0.2, 0) is 19.6 Å². The van der Waals surface area contributed by atoms with Gasteiger partial charge in [-0.05, 0) is 48.9 Å². The topological polar surface area (TPSA) is 63.7 Å². The second-order valence-electron chi connectivity index (χ2n) is 5.86. The molecule has 0 aliphatic carbocycles. The van der Waals surface area contributed by atoms with E-state index in [1.165, 1.54) is 30.3 Å². The Balaban J connectivity index is 2.05. The first-order chi connectivity index (χ1) is 12.8. The van der Waals surface area contributed by atoms with Gasteiger partial charge in [0.25, 0.3) is 0 Å². The fourth-order valence-electron chi connectivity index (χ4n) is 2.94. The van der Waals surface area contributed by atoms with Crippen LogP contribution in [0.3, 0.4) is 0 Å². The van der Waals surface area contributed by atoms with Gasteiger partial charge >= 0.3 is 5.97 Å². The van der Waals surface area contributed by atoms with Crippen LogP contribution in [0.15, 0.2) is 65.1 Å². The van der Waals surface area contributed by atoms with Crippen LogP contribution in [0.4, 0.5) is 8.78 Å². The summed E-state index contributed by atoms with van der Waals surface area (Å²) in [5, 5.41) is 0. The van der Waals surface area contributed by atoms with Crippen LogP contribution in [0.2, 0.25) is 0 Å². The number of benzene rings is 2. The molecule has 0 bridgehead atoms. The van der Waals surface area contributed by atoms with Crippen molar-refractivity contribution in [3.8, 4) is 0 Å². The number of rotatable bonds is 5. The number of sulfonamides is 1. The third kappa shape index (κ3) is 3.77. The zero-order valence-corrected chi connectivity index (χ0v) is 15.2. The number of carbonyl (C=O) groups excluding carboxylic acids is 1. The highest BCUT2D eigenvalue weighted by molar-refractivity contribution is 7.89. The van der Waals surface area contributed by atoms with Crippen molar-refractivity contribution in [2.24, 2.45) is 0 Å². The summed E-state index contributed by atoms with van der Waals surface area (Å²) in [6, 6.07) is 8.70. The summed E-state index contributed by atoms with van der Waals surface area (Å²) < 4.78 is 58.8. The smallest absolute Gasteiger partial charge is 0.335 e. The molecule has 0 amide bonds. The third-order valence-corrected chi connectivity index (χ3v) is 6.04. The maximum Gasteiger partial charge on any atom is 0.335 e. The monoisotopic (exact) mass is 393 g/mol. The van der Waals surface area contributed by atoms with E-state index in [-0.39, 0.29) is 23.6 Å². The lowest BCUT2D eigenvalue weighted by Crippen LogP contribution is -2.33. The number of nitrogens with zero attached hydrogens (tertiary/aromatic N) is 1. The summed E-state index contributed by atoms with van der Waals surface area (Å²) in [7, 11) is -4.03. The molecule has 0 saturated heterocycles. The summed E-state index contributed by atoms with van der Waals surface area (Å²) in [6.45, 7) is 1.72. The number of esters is 1. The van der Waals surface area contributed by atoms with Gasteiger partial charge in [-0.1, -0.05) is 18.2 Å². The van der Waals surface area contributed by atoms with Gasteiger partial charge in [-0.25, -0.2) is 22.0 Å². The van der Waals surface area contributed by atoms with Crippen molar-refractivity contribution in [1.29, 1.82) is 0 Å². The van der Waals surface area contributed by atoms with Gasteiger partial charge in [0, 0.05) is 6.54 Å². The number of carbonyl (C=O) groups is 1. The molecule has 1 unspecified atom stereocenters. The van der Waals surface area contributed by atoms with E-state index in [1.54, 1.807) is 6.92 Å². The number of ether oxygens (including phenoxy) is 1. The molecular formula is C19H17F2NO4S. The minimum Gasteiger partial charge on any atom is -0.463 e. The molecule has 142 valence electrons. The van der Waals surface area contributed by atoms with E-state index < -0.39 is 33.7 Å². The molecular weight excluding hydrogens is 376 g/mol. The molecule has 0 aromatic heterocycles. The number of hydrogen-bond acceptors (Lipinski definition) is 4. The first kappa shape index (κ1) is 19.2. The fourth-order valence-corrected chi connectivity index (χ4v) is 4.47. The summed E-state index contributed by atoms with van der Waals surface area (Å²) in [5.41, 5.74) is 0.591. The van der Waals surface area contributed by atoms with Crippen molar-refractivity contribution < 1.29 is 26.7 Å². The molecule has 0 radical (unpaired) electrons. The average molecular weight is 393 g/mol. The van der Waals surface area contributed by atoms with Crippen LogP contribution >= 0.6 is 0 Å². The molecule has 3 rings (SSSR count). The molecule has 1 heterocycles. The fraction of sp³-hybridized carbons (Fsp3) is 0.211. The van der Waals surface area contributed by atoms with Gasteiger partial charge in [-0.2, -0.15) is 4.31 Å². The zero-order chi connectivity index (χ0) is 19.6. The Labute approximate surface area is 155 Å². The molecule has 1 aliphatic heterocycles. The van der Waals surface area contributed by atoms with Crippen molar-refractivity contribution in [3.05, 3.63) is 77.4 Å². The van der Waals surface area contributed by atoms with Crippen LogP contribution < -0.4 is 0 Å². The molecule has 27 heavy (non-hydrogen) atoms. The van der Waals surface area contributed by atoms with E-state index in [1.807, 2.05) is 0 Å². The Hall–Kier alpha value is -2.58. The SMILES string of the molecule is CCOC(=O)C1=CCN(S(=O)(=O)c2ccc(F)cc2)C1c1ccc(F)cc1. The maximum absolute atomic E-state index is 13.3. The Morgan fingerprint density at radius 1 is 1.07 bits per heavy atom. The Bertz CT molecular complexity index is 970. The normalized spacial score (nSPS) is 17.6. The Morgan fingerprint density at radius 2 is 1.63 bits per heavy atom. The van der Waals surface area contributed by atoms with Crippen molar-refractivity contribution in [3.63, 3.8) is 0 Å². The molecule has 0 spiro atoms. The van der Waals surface area contributed by atoms with E-state index in [0.29, 0.717) is 5.56 Å². The predicted molar refractivity (Wildman–Crippen MR) is 94.1 cm³/mol. The molecule has 5 nitrogen and oxygen atoms in total. The summed E-state index contributed by atoms with van der Waals surface area (Å²) in [4.78, 5) is 12.2. The lowest BCUT2D eigenvalue weighted by Gasteiger charge is -2.26. The minimum atomic E-state index is -4.03. The standard InChI is InChI=1S/C19H17F2NO4S/c1-2-26-19(23)17-11-12-22(18(17)13-3-5-14(20)6-4-13)27(24,25)16-9-7-15(21)8-10-16/h3-11,18H,2,12H2,1H3. The lowest BCUT2D eigenvalue weighted by atomic mass is 10.0. The Kier molecular flexibility index (Phi) is 5.38. The molecule has 2 aromatic rings. The van der Waals surface area contributed by atoms with Gasteiger partial charge in [0.15, 0.2) is 0 Å². The van der Waals surface area contributed by atoms with Crippen LogP contribution in [0.25, 0.3) is 0 Å². The number of hydrogen-bond donors (Lipinski definition) is 0. The van der Waals surface area contributed by atoms with Gasteiger partial charge in [-0.3, -0.25) is 0 Å². The molecule has 1 aliphatic rings. The van der Waals surface area contributed by atoms with E-state index in [4.69, 9.17) is 4.74 Å². The second-order valence-corrected chi connectivity index (χ2v) is 7.75. The largest absolute Gasteiger partial charge is 0.463 e. The quantitative estimate of drug-likeness (QED) is 0.732. The van der Waals surface area contributed by atoms with Gasteiger partial charge in [0.05, 0.1) is 23.1 Å². The lowest BCUT2D eigenvalue weighted by molar-refractivity contribution is -0.138. The van der Waals surface area contributed by atoms with E-state index in [2.05, 4.69) is 0 Å². The van der Waals surface area contributed by atoms with Gasteiger partial charge in [0.1, 0.15) is 11.6 Å². The van der Waals surface area contributed by atoms with Crippen LogP contribution in [0.1, 0.15) is 18.5 Å². The summed E-state index contributed by atoms with van der Waals surface area (Å²) in [5.74, 6) is -1.68. The minimum absolute atomic E-state index is 0.0596. The van der Waals surface area contributed by atoms with Crippen molar-refractivity contribution in [2.45, 2.75) is 17.9 Å². The highest BCUT2D eigenvalue weighted by Gasteiger charge is 2.41. The average Bonchev–Trinajstić information content (AvgIpc) is 3.09. The first-order valence-corrected chi connectivity index (χ1v) is 9.68. The Morgan fingerprint density at radius 3 is 2.19 bits per heavy atom. The predicted octanol–water partition coefficient (Wildman–Crippen LogP) is 3.20. The molecule has 0 saturated carbocycles. The first-order valence-electron chi connectivity index (χ1n) is 8.24. The van der Waals surface area contributed by atoms with E-state index >= 15 is 0 Å². The van der Waals surface area contributed by atoms with Crippen LogP contribution in [0, 0.1) is 11.6 Å². The molecule has 0 N–H and O–H groups in total. The highest BCUT2D eigenvalue weighted by Crippen LogP contribution is 2.38. The second kappa shape index (κ2) is 7.58. The van der Waals surface area contributed by atoms with Gasteiger partial charge < -0.3 is 4.74 Å².